The van der Waals surface area contributed by atoms with E-state index in [-0.39, 0.29) is 0 Å². The van der Waals surface area contributed by atoms with Crippen LogP contribution in [0.5, 0.6) is 0 Å². The summed E-state index contributed by atoms with van der Waals surface area (Å²) in [5.74, 6) is 0. The lowest BCUT2D eigenvalue weighted by atomic mass is 10.2. The van der Waals surface area contributed by atoms with Crippen LogP contribution in [-0.2, 0) is 0 Å². The van der Waals surface area contributed by atoms with Crippen LogP contribution >= 0.6 is 0 Å². The van der Waals surface area contributed by atoms with E-state index >= 15 is 0 Å². The second-order valence-electron chi connectivity index (χ2n) is 4.18. The molecule has 0 bridgehead atoms. The number of hydrogen-bond donors (Lipinski definition) is 2. The highest BCUT2D eigenvalue weighted by Gasteiger charge is 2.18. The van der Waals surface area contributed by atoms with Gasteiger partial charge in [-0.3, -0.25) is 0 Å². The summed E-state index contributed by atoms with van der Waals surface area (Å²) in [5, 5.41) is 0. The Morgan fingerprint density at radius 1 is 1.20 bits per heavy atom. The number of rotatable bonds is 2. The molecule has 1 aromatic rings. The molecule has 82 valence electrons. The third-order valence-corrected chi connectivity index (χ3v) is 3.23. The summed E-state index contributed by atoms with van der Waals surface area (Å²) >= 11 is 0. The molecule has 0 unspecified atom stereocenters. The molecule has 1 saturated heterocycles. The fourth-order valence-corrected chi connectivity index (χ4v) is 2.12. The van der Waals surface area contributed by atoms with Gasteiger partial charge in [0.1, 0.15) is 0 Å². The number of nitrogens with one attached hydrogen (secondary N) is 1. The maximum absolute atomic E-state index is 5.68. The van der Waals surface area contributed by atoms with Gasteiger partial charge in [0.15, 0.2) is 0 Å². The number of quaternary nitrogens is 1. The van der Waals surface area contributed by atoms with Gasteiger partial charge >= 0.3 is 0 Å². The predicted octanol–water partition coefficient (Wildman–Crippen LogP) is -0.00640. The van der Waals surface area contributed by atoms with Crippen LogP contribution in [0.15, 0.2) is 24.3 Å². The van der Waals surface area contributed by atoms with Gasteiger partial charge < -0.3 is 15.5 Å². The zero-order valence-electron chi connectivity index (χ0n) is 9.37. The lowest BCUT2D eigenvalue weighted by Crippen LogP contribution is -3.14. The highest BCUT2D eigenvalue weighted by molar-refractivity contribution is 5.53. The number of nitrogen functional groups attached to an aromatic ring is 1. The molecule has 0 saturated carbocycles. The van der Waals surface area contributed by atoms with Crippen molar-refractivity contribution in [3.05, 3.63) is 24.3 Å². The quantitative estimate of drug-likeness (QED) is 0.668. The molecule has 1 aliphatic rings. The number of nitrogens with zero attached hydrogens (tertiary/aromatic N) is 1. The van der Waals surface area contributed by atoms with Gasteiger partial charge in [0.2, 0.25) is 0 Å². The molecule has 1 aromatic carbocycles. The van der Waals surface area contributed by atoms with Crippen LogP contribution in [0, 0.1) is 0 Å². The van der Waals surface area contributed by atoms with Crippen molar-refractivity contribution >= 4 is 11.4 Å². The molecule has 3 nitrogen and oxygen atoms in total. The maximum Gasteiger partial charge on any atom is 0.0949 e. The van der Waals surface area contributed by atoms with E-state index in [1.165, 1.54) is 25.3 Å². The van der Waals surface area contributed by atoms with E-state index in [2.05, 4.69) is 24.0 Å². The van der Waals surface area contributed by atoms with E-state index in [1.54, 1.807) is 4.90 Å². The molecule has 0 spiro atoms. The Bertz CT molecular complexity index is 299. The second kappa shape index (κ2) is 4.53. The summed E-state index contributed by atoms with van der Waals surface area (Å²) in [6, 6.07) is 8.20. The van der Waals surface area contributed by atoms with Gasteiger partial charge in [-0.05, 0) is 31.2 Å². The van der Waals surface area contributed by atoms with Crippen LogP contribution in [0.2, 0.25) is 0 Å². The fraction of sp³-hybridized carbons (Fsp3) is 0.500. The Morgan fingerprint density at radius 3 is 2.33 bits per heavy atom. The molecule has 0 radical (unpaired) electrons. The van der Waals surface area contributed by atoms with Gasteiger partial charge in [-0.2, -0.15) is 0 Å². The van der Waals surface area contributed by atoms with E-state index < -0.39 is 0 Å². The van der Waals surface area contributed by atoms with Crippen molar-refractivity contribution in [3.8, 4) is 0 Å². The maximum atomic E-state index is 5.68. The summed E-state index contributed by atoms with van der Waals surface area (Å²) in [7, 11) is 0. The Morgan fingerprint density at radius 2 is 1.80 bits per heavy atom. The molecule has 3 N–H and O–H groups in total. The molecule has 1 fully saturated rings. The van der Waals surface area contributed by atoms with Crippen LogP contribution in [0.4, 0.5) is 11.4 Å². The SMILES string of the molecule is CC[NH+]1CCN(c2ccc(N)cc2)CC1. The van der Waals surface area contributed by atoms with Crippen molar-refractivity contribution in [2.75, 3.05) is 43.4 Å². The normalized spacial score (nSPS) is 18.1. The first-order valence-corrected chi connectivity index (χ1v) is 5.73. The van der Waals surface area contributed by atoms with Crippen molar-refractivity contribution in [2.24, 2.45) is 0 Å². The van der Waals surface area contributed by atoms with Gasteiger partial charge in [-0.15, -0.1) is 0 Å². The van der Waals surface area contributed by atoms with Crippen molar-refractivity contribution in [2.45, 2.75) is 6.92 Å². The Kier molecular flexibility index (Phi) is 3.11. The molecule has 2 rings (SSSR count). The lowest BCUT2D eigenvalue weighted by Gasteiger charge is -2.33. The molecule has 3 heteroatoms. The second-order valence-corrected chi connectivity index (χ2v) is 4.18. The zero-order chi connectivity index (χ0) is 10.7. The minimum absolute atomic E-state index is 0.844. The van der Waals surface area contributed by atoms with E-state index in [0.29, 0.717) is 0 Å². The average Bonchev–Trinajstić information content (AvgIpc) is 2.30. The van der Waals surface area contributed by atoms with Gasteiger partial charge in [-0.1, -0.05) is 0 Å². The molecule has 1 heterocycles. The molecule has 15 heavy (non-hydrogen) atoms. The standard InChI is InChI=1S/C12H19N3/c1-2-14-7-9-15(10-8-14)12-5-3-11(13)4-6-12/h3-6H,2,7-10,13H2,1H3/p+1. The first-order chi connectivity index (χ1) is 7.29. The van der Waals surface area contributed by atoms with E-state index in [9.17, 15) is 0 Å². The zero-order valence-corrected chi connectivity index (χ0v) is 9.37. The first kappa shape index (κ1) is 10.3. The molecule has 0 aliphatic carbocycles. The number of likely N-dealkylation sites (N-methyl/N-ethyl adjacent to an activating group) is 1. The Labute approximate surface area is 91.5 Å². The monoisotopic (exact) mass is 206 g/mol. The molecular weight excluding hydrogens is 186 g/mol. The van der Waals surface area contributed by atoms with Crippen LogP contribution in [0.25, 0.3) is 0 Å². The Hall–Kier alpha value is -1.22. The number of nitrogens with two attached hydrogens (primary N) is 1. The van der Waals surface area contributed by atoms with Crippen molar-refractivity contribution in [1.82, 2.24) is 0 Å². The summed E-state index contributed by atoms with van der Waals surface area (Å²) < 4.78 is 0. The van der Waals surface area contributed by atoms with Crippen LogP contribution in [-0.4, -0.2) is 32.7 Å². The molecule has 0 aromatic heterocycles. The summed E-state index contributed by atoms with van der Waals surface area (Å²) in [6.45, 7) is 8.33. The lowest BCUT2D eigenvalue weighted by molar-refractivity contribution is -0.898. The van der Waals surface area contributed by atoms with Gasteiger partial charge in [0.25, 0.3) is 0 Å². The smallest absolute Gasteiger partial charge is 0.0949 e. The summed E-state index contributed by atoms with van der Waals surface area (Å²) in [5.41, 5.74) is 7.83. The van der Waals surface area contributed by atoms with Crippen LogP contribution in [0.1, 0.15) is 6.92 Å². The highest BCUT2D eigenvalue weighted by atomic mass is 15.3. The van der Waals surface area contributed by atoms with E-state index in [0.717, 1.165) is 18.8 Å². The number of piperazine rings is 1. The number of benzene rings is 1. The minimum atomic E-state index is 0.844. The molecular formula is C12H20N3+. The topological polar surface area (TPSA) is 33.7 Å². The number of anilines is 2. The molecule has 0 atom stereocenters. The fourth-order valence-electron chi connectivity index (χ4n) is 2.12. The molecule has 0 amide bonds. The Balaban J connectivity index is 1.98. The number of hydrogen-bond acceptors (Lipinski definition) is 2. The molecule has 1 aliphatic heterocycles. The predicted molar refractivity (Wildman–Crippen MR) is 64.3 cm³/mol. The third kappa shape index (κ3) is 2.42. The van der Waals surface area contributed by atoms with E-state index in [1.807, 2.05) is 12.1 Å². The average molecular weight is 206 g/mol. The van der Waals surface area contributed by atoms with Crippen molar-refractivity contribution < 1.29 is 4.90 Å². The van der Waals surface area contributed by atoms with E-state index in [4.69, 9.17) is 5.73 Å². The largest absolute Gasteiger partial charge is 0.399 e. The summed E-state index contributed by atoms with van der Waals surface area (Å²) in [6.07, 6.45) is 0. The van der Waals surface area contributed by atoms with Crippen LogP contribution in [0.3, 0.4) is 0 Å². The van der Waals surface area contributed by atoms with Crippen molar-refractivity contribution in [1.29, 1.82) is 0 Å². The highest BCUT2D eigenvalue weighted by Crippen LogP contribution is 2.15. The van der Waals surface area contributed by atoms with Crippen LogP contribution < -0.4 is 15.5 Å². The van der Waals surface area contributed by atoms with Crippen molar-refractivity contribution in [3.63, 3.8) is 0 Å². The van der Waals surface area contributed by atoms with Gasteiger partial charge in [-0.25, -0.2) is 0 Å². The van der Waals surface area contributed by atoms with Gasteiger partial charge in [0, 0.05) is 11.4 Å². The minimum Gasteiger partial charge on any atom is -0.399 e. The third-order valence-electron chi connectivity index (χ3n) is 3.23. The summed E-state index contributed by atoms with van der Waals surface area (Å²) in [4.78, 5) is 4.15. The first-order valence-electron chi connectivity index (χ1n) is 5.73. The van der Waals surface area contributed by atoms with Gasteiger partial charge in [0.05, 0.1) is 32.7 Å².